The van der Waals surface area contributed by atoms with Crippen LogP contribution < -0.4 is 5.32 Å². The average molecular weight is 268 g/mol. The van der Waals surface area contributed by atoms with Crippen molar-refractivity contribution in [2.45, 2.75) is 17.9 Å². The van der Waals surface area contributed by atoms with Crippen molar-refractivity contribution in [3.05, 3.63) is 29.8 Å². The van der Waals surface area contributed by atoms with Crippen LogP contribution in [-0.2, 0) is 0 Å². The molecule has 1 aromatic carbocycles. The molecule has 0 bridgehead atoms. The Morgan fingerprint density at radius 3 is 2.50 bits per heavy atom. The summed E-state index contributed by atoms with van der Waals surface area (Å²) in [4.78, 5) is 3.50. The van der Waals surface area contributed by atoms with Gasteiger partial charge in [0.15, 0.2) is 0 Å². The number of nitrogens with one attached hydrogen (secondary N) is 1. The number of nitrogens with zero attached hydrogens (tertiary/aromatic N) is 1. The summed E-state index contributed by atoms with van der Waals surface area (Å²) in [5.74, 6) is 1.07. The molecule has 1 aromatic rings. The van der Waals surface area contributed by atoms with Crippen LogP contribution in [-0.4, -0.2) is 43.5 Å². The van der Waals surface area contributed by atoms with E-state index in [0.717, 1.165) is 37.5 Å². The van der Waals surface area contributed by atoms with Gasteiger partial charge in [0, 0.05) is 31.1 Å². The van der Waals surface area contributed by atoms with Crippen LogP contribution >= 0.6 is 11.8 Å². The molecule has 4 heteroatoms. The van der Waals surface area contributed by atoms with E-state index in [4.69, 9.17) is 0 Å². The van der Waals surface area contributed by atoms with Gasteiger partial charge in [0.25, 0.3) is 0 Å². The van der Waals surface area contributed by atoms with Crippen molar-refractivity contribution in [2.24, 2.45) is 0 Å². The van der Waals surface area contributed by atoms with Crippen LogP contribution in [0.5, 0.6) is 0 Å². The lowest BCUT2D eigenvalue weighted by Crippen LogP contribution is -2.45. The summed E-state index contributed by atoms with van der Waals surface area (Å²) in [7, 11) is 0. The molecule has 2 rings (SSSR count). The van der Waals surface area contributed by atoms with E-state index >= 15 is 0 Å². The van der Waals surface area contributed by atoms with Gasteiger partial charge in [-0.25, -0.2) is 4.39 Å². The second kappa shape index (κ2) is 7.12. The topological polar surface area (TPSA) is 15.3 Å². The fraction of sp³-hybridized carbons (Fsp3) is 0.571. The Morgan fingerprint density at radius 1 is 1.28 bits per heavy atom. The third-order valence-corrected chi connectivity index (χ3v) is 4.21. The van der Waals surface area contributed by atoms with Crippen LogP contribution in [0.3, 0.4) is 0 Å². The SMILES string of the molecule is CCSc1ccc([C@@H](CF)N2CCNCC2)cc1. The van der Waals surface area contributed by atoms with E-state index in [-0.39, 0.29) is 12.7 Å². The Kier molecular flexibility index (Phi) is 5.47. The van der Waals surface area contributed by atoms with Crippen molar-refractivity contribution >= 4 is 11.8 Å². The van der Waals surface area contributed by atoms with E-state index in [0.29, 0.717) is 0 Å². The minimum absolute atomic E-state index is 0.0761. The van der Waals surface area contributed by atoms with Crippen molar-refractivity contribution in [3.8, 4) is 0 Å². The third-order valence-electron chi connectivity index (χ3n) is 3.31. The van der Waals surface area contributed by atoms with Gasteiger partial charge in [-0.05, 0) is 23.4 Å². The summed E-state index contributed by atoms with van der Waals surface area (Å²) >= 11 is 1.82. The molecule has 0 spiro atoms. The van der Waals surface area contributed by atoms with E-state index in [1.54, 1.807) is 0 Å². The lowest BCUT2D eigenvalue weighted by molar-refractivity contribution is 0.147. The Morgan fingerprint density at radius 2 is 1.94 bits per heavy atom. The predicted octanol–water partition coefficient (Wildman–Crippen LogP) is 2.71. The van der Waals surface area contributed by atoms with E-state index < -0.39 is 0 Å². The number of alkyl halides is 1. The van der Waals surface area contributed by atoms with Gasteiger partial charge in [-0.15, -0.1) is 11.8 Å². The first-order valence-corrected chi connectivity index (χ1v) is 7.57. The fourth-order valence-electron chi connectivity index (χ4n) is 2.34. The highest BCUT2D eigenvalue weighted by molar-refractivity contribution is 7.99. The minimum Gasteiger partial charge on any atom is -0.314 e. The van der Waals surface area contributed by atoms with E-state index in [1.807, 2.05) is 11.8 Å². The maximum absolute atomic E-state index is 13.3. The Bertz CT molecular complexity index is 349. The number of benzene rings is 1. The van der Waals surface area contributed by atoms with E-state index in [2.05, 4.69) is 41.4 Å². The lowest BCUT2D eigenvalue weighted by Gasteiger charge is -2.33. The molecule has 2 nitrogen and oxygen atoms in total. The minimum atomic E-state index is -0.305. The van der Waals surface area contributed by atoms with Crippen molar-refractivity contribution in [1.82, 2.24) is 10.2 Å². The zero-order chi connectivity index (χ0) is 12.8. The molecule has 18 heavy (non-hydrogen) atoms. The normalized spacial score (nSPS) is 18.8. The summed E-state index contributed by atoms with van der Waals surface area (Å²) in [5, 5.41) is 3.30. The van der Waals surface area contributed by atoms with Crippen molar-refractivity contribution < 1.29 is 4.39 Å². The van der Waals surface area contributed by atoms with Crippen LogP contribution in [0.15, 0.2) is 29.2 Å². The Hall–Kier alpha value is -0.580. The van der Waals surface area contributed by atoms with Gasteiger partial charge in [-0.2, -0.15) is 0 Å². The molecular weight excluding hydrogens is 247 g/mol. The molecule has 0 aromatic heterocycles. The average Bonchev–Trinajstić information content (AvgIpc) is 2.43. The van der Waals surface area contributed by atoms with Gasteiger partial charge in [0.1, 0.15) is 6.67 Å². The second-order valence-electron chi connectivity index (χ2n) is 4.46. The molecule has 0 unspecified atom stereocenters. The summed E-state index contributed by atoms with van der Waals surface area (Å²) in [6.07, 6.45) is 0. The molecule has 0 radical (unpaired) electrons. The monoisotopic (exact) mass is 268 g/mol. The number of hydrogen-bond donors (Lipinski definition) is 1. The highest BCUT2D eigenvalue weighted by Gasteiger charge is 2.21. The smallest absolute Gasteiger partial charge is 0.109 e. The number of thioether (sulfide) groups is 1. The van der Waals surface area contributed by atoms with E-state index in [1.165, 1.54) is 4.90 Å². The zero-order valence-corrected chi connectivity index (χ0v) is 11.7. The molecule has 1 N–H and O–H groups in total. The number of halogens is 1. The summed E-state index contributed by atoms with van der Waals surface area (Å²) in [6.45, 7) is 5.62. The van der Waals surface area contributed by atoms with Crippen LogP contribution in [0, 0.1) is 0 Å². The third kappa shape index (κ3) is 3.46. The summed E-state index contributed by atoms with van der Waals surface area (Å²) in [5.41, 5.74) is 1.10. The summed E-state index contributed by atoms with van der Waals surface area (Å²) < 4.78 is 13.3. The molecule has 1 heterocycles. The maximum atomic E-state index is 13.3. The Balaban J connectivity index is 2.06. The largest absolute Gasteiger partial charge is 0.314 e. The van der Waals surface area contributed by atoms with Gasteiger partial charge < -0.3 is 5.32 Å². The fourth-order valence-corrected chi connectivity index (χ4v) is 3.01. The lowest BCUT2D eigenvalue weighted by atomic mass is 10.1. The first kappa shape index (κ1) is 13.8. The van der Waals surface area contributed by atoms with Crippen molar-refractivity contribution in [3.63, 3.8) is 0 Å². The van der Waals surface area contributed by atoms with Crippen LogP contribution in [0.4, 0.5) is 4.39 Å². The molecule has 0 aliphatic carbocycles. The van der Waals surface area contributed by atoms with Gasteiger partial charge in [-0.3, -0.25) is 4.90 Å². The molecule has 0 saturated carbocycles. The second-order valence-corrected chi connectivity index (χ2v) is 5.80. The number of piperazine rings is 1. The van der Waals surface area contributed by atoms with Crippen LogP contribution in [0.25, 0.3) is 0 Å². The zero-order valence-electron chi connectivity index (χ0n) is 10.9. The molecule has 1 aliphatic rings. The molecular formula is C14H21FN2S. The standard InChI is InChI=1S/C14H21FN2S/c1-2-18-13-5-3-12(4-6-13)14(11-15)17-9-7-16-8-10-17/h3-6,14,16H,2,7-11H2,1H3/t14-/m1/s1. The molecule has 1 atom stereocenters. The molecule has 100 valence electrons. The van der Waals surface area contributed by atoms with Crippen molar-refractivity contribution in [1.29, 1.82) is 0 Å². The van der Waals surface area contributed by atoms with Crippen LogP contribution in [0.2, 0.25) is 0 Å². The molecule has 1 saturated heterocycles. The molecule has 1 aliphatic heterocycles. The number of hydrogen-bond acceptors (Lipinski definition) is 3. The Labute approximate surface area is 113 Å². The van der Waals surface area contributed by atoms with Gasteiger partial charge in [0.2, 0.25) is 0 Å². The van der Waals surface area contributed by atoms with Gasteiger partial charge >= 0.3 is 0 Å². The van der Waals surface area contributed by atoms with Gasteiger partial charge in [0.05, 0.1) is 6.04 Å². The van der Waals surface area contributed by atoms with E-state index in [9.17, 15) is 4.39 Å². The first-order chi connectivity index (χ1) is 8.85. The van der Waals surface area contributed by atoms with Gasteiger partial charge in [-0.1, -0.05) is 19.1 Å². The molecule has 1 fully saturated rings. The quantitative estimate of drug-likeness (QED) is 0.827. The van der Waals surface area contributed by atoms with Crippen LogP contribution in [0.1, 0.15) is 18.5 Å². The first-order valence-electron chi connectivity index (χ1n) is 6.58. The number of rotatable bonds is 5. The van der Waals surface area contributed by atoms with Crippen molar-refractivity contribution in [2.75, 3.05) is 38.6 Å². The highest BCUT2D eigenvalue weighted by Crippen LogP contribution is 2.25. The predicted molar refractivity (Wildman–Crippen MR) is 76.0 cm³/mol. The maximum Gasteiger partial charge on any atom is 0.109 e. The molecule has 0 amide bonds. The summed E-state index contributed by atoms with van der Waals surface area (Å²) in [6, 6.07) is 8.28. The highest BCUT2D eigenvalue weighted by atomic mass is 32.2.